The smallest absolute Gasteiger partial charge is 0.122 e. The molecule has 0 spiro atoms. The second-order valence-corrected chi connectivity index (χ2v) is 4.47. The zero-order chi connectivity index (χ0) is 12.1. The number of likely N-dealkylation sites (N-methyl/N-ethyl adjacent to an activating group) is 1. The van der Waals surface area contributed by atoms with Crippen molar-refractivity contribution in [2.45, 2.75) is 19.9 Å². The molecule has 0 aliphatic heterocycles. The van der Waals surface area contributed by atoms with Gasteiger partial charge >= 0.3 is 0 Å². The molecule has 1 aromatic rings. The highest BCUT2D eigenvalue weighted by atomic mass is 16.5. The molecule has 0 heterocycles. The van der Waals surface area contributed by atoms with Crippen LogP contribution < -0.4 is 10.5 Å². The van der Waals surface area contributed by atoms with Gasteiger partial charge in [-0.15, -0.1) is 0 Å². The van der Waals surface area contributed by atoms with E-state index in [1.807, 2.05) is 33.2 Å². The maximum absolute atomic E-state index is 5.83. The average molecular weight is 222 g/mol. The van der Waals surface area contributed by atoms with Crippen molar-refractivity contribution in [3.05, 3.63) is 29.3 Å². The van der Waals surface area contributed by atoms with Crippen molar-refractivity contribution in [3.63, 3.8) is 0 Å². The number of nitrogens with two attached hydrogens (primary N) is 1. The second kappa shape index (κ2) is 5.87. The van der Waals surface area contributed by atoms with Crippen LogP contribution in [0.2, 0.25) is 0 Å². The summed E-state index contributed by atoms with van der Waals surface area (Å²) in [6.07, 6.45) is 0. The minimum absolute atomic E-state index is 0.0783. The molecule has 0 radical (unpaired) electrons. The first kappa shape index (κ1) is 13.0. The third-order valence-electron chi connectivity index (χ3n) is 2.52. The number of hydrogen-bond donors (Lipinski definition) is 1. The van der Waals surface area contributed by atoms with Crippen LogP contribution in [0.15, 0.2) is 18.2 Å². The lowest BCUT2D eigenvalue weighted by Crippen LogP contribution is -2.19. The molecule has 0 amide bonds. The van der Waals surface area contributed by atoms with Gasteiger partial charge < -0.3 is 15.4 Å². The highest BCUT2D eigenvalue weighted by molar-refractivity contribution is 5.37. The van der Waals surface area contributed by atoms with E-state index < -0.39 is 0 Å². The summed E-state index contributed by atoms with van der Waals surface area (Å²) in [6, 6.07) is 6.21. The topological polar surface area (TPSA) is 38.5 Å². The van der Waals surface area contributed by atoms with Crippen molar-refractivity contribution < 1.29 is 4.74 Å². The van der Waals surface area contributed by atoms with Crippen molar-refractivity contribution >= 4 is 0 Å². The quantitative estimate of drug-likeness (QED) is 0.827. The summed E-state index contributed by atoms with van der Waals surface area (Å²) in [7, 11) is 4.07. The Morgan fingerprint density at radius 1 is 1.38 bits per heavy atom. The lowest BCUT2D eigenvalue weighted by Gasteiger charge is -2.14. The van der Waals surface area contributed by atoms with E-state index in [-0.39, 0.29) is 6.04 Å². The van der Waals surface area contributed by atoms with Gasteiger partial charge in [-0.2, -0.15) is 0 Å². The first-order valence-electron chi connectivity index (χ1n) is 5.64. The zero-order valence-corrected chi connectivity index (χ0v) is 10.7. The van der Waals surface area contributed by atoms with E-state index in [0.717, 1.165) is 23.4 Å². The molecule has 0 aromatic heterocycles. The molecule has 0 aliphatic rings. The molecule has 1 aromatic carbocycles. The average Bonchev–Trinajstić information content (AvgIpc) is 2.19. The molecule has 0 fully saturated rings. The number of rotatable bonds is 5. The zero-order valence-electron chi connectivity index (χ0n) is 10.7. The third kappa shape index (κ3) is 3.83. The Labute approximate surface area is 98.2 Å². The predicted molar refractivity (Wildman–Crippen MR) is 67.8 cm³/mol. The van der Waals surface area contributed by atoms with Gasteiger partial charge in [0, 0.05) is 12.6 Å². The van der Waals surface area contributed by atoms with Gasteiger partial charge in [-0.3, -0.25) is 0 Å². The van der Waals surface area contributed by atoms with Gasteiger partial charge in [-0.05, 0) is 45.1 Å². The van der Waals surface area contributed by atoms with E-state index in [1.165, 1.54) is 0 Å². The fourth-order valence-corrected chi connectivity index (χ4v) is 1.46. The van der Waals surface area contributed by atoms with E-state index in [0.29, 0.717) is 6.61 Å². The van der Waals surface area contributed by atoms with Crippen LogP contribution >= 0.6 is 0 Å². The van der Waals surface area contributed by atoms with Crippen LogP contribution in [0, 0.1) is 6.92 Å². The monoisotopic (exact) mass is 222 g/mol. The van der Waals surface area contributed by atoms with Crippen LogP contribution in [0.4, 0.5) is 0 Å². The number of aryl methyl sites for hydroxylation is 1. The Kier molecular flexibility index (Phi) is 4.77. The molecular formula is C13H22N2O. The van der Waals surface area contributed by atoms with Crippen LogP contribution in [0.1, 0.15) is 24.1 Å². The molecular weight excluding hydrogens is 200 g/mol. The standard InChI is InChI=1S/C13H22N2O/c1-10-9-12(11(2)14)5-6-13(10)16-8-7-15(3)4/h5-6,9,11H,7-8,14H2,1-4H3/t11-/m0/s1. The van der Waals surface area contributed by atoms with Crippen molar-refractivity contribution in [3.8, 4) is 5.75 Å². The molecule has 2 N–H and O–H groups in total. The number of nitrogens with zero attached hydrogens (tertiary/aromatic N) is 1. The van der Waals surface area contributed by atoms with Crippen LogP contribution in [-0.4, -0.2) is 32.1 Å². The second-order valence-electron chi connectivity index (χ2n) is 4.47. The first-order chi connectivity index (χ1) is 7.50. The van der Waals surface area contributed by atoms with Gasteiger partial charge in [0.25, 0.3) is 0 Å². The van der Waals surface area contributed by atoms with E-state index in [4.69, 9.17) is 10.5 Å². The summed E-state index contributed by atoms with van der Waals surface area (Å²) < 4.78 is 5.70. The summed E-state index contributed by atoms with van der Waals surface area (Å²) in [5.41, 5.74) is 8.12. The summed E-state index contributed by atoms with van der Waals surface area (Å²) in [6.45, 7) is 5.68. The number of benzene rings is 1. The van der Waals surface area contributed by atoms with E-state index in [9.17, 15) is 0 Å². The van der Waals surface area contributed by atoms with Gasteiger partial charge in [-0.1, -0.05) is 12.1 Å². The minimum Gasteiger partial charge on any atom is -0.492 e. The molecule has 0 unspecified atom stereocenters. The first-order valence-corrected chi connectivity index (χ1v) is 5.64. The van der Waals surface area contributed by atoms with Crippen molar-refractivity contribution in [1.82, 2.24) is 4.90 Å². The van der Waals surface area contributed by atoms with Gasteiger partial charge in [0.05, 0.1) is 0 Å². The summed E-state index contributed by atoms with van der Waals surface area (Å²) in [4.78, 5) is 2.10. The van der Waals surface area contributed by atoms with E-state index in [2.05, 4.69) is 17.9 Å². The fourth-order valence-electron chi connectivity index (χ4n) is 1.46. The summed E-state index contributed by atoms with van der Waals surface area (Å²) >= 11 is 0. The number of ether oxygens (including phenoxy) is 1. The molecule has 0 saturated carbocycles. The lowest BCUT2D eigenvalue weighted by molar-refractivity contribution is 0.260. The Morgan fingerprint density at radius 3 is 2.56 bits per heavy atom. The summed E-state index contributed by atoms with van der Waals surface area (Å²) in [5.74, 6) is 0.950. The Hall–Kier alpha value is -1.06. The molecule has 0 saturated heterocycles. The predicted octanol–water partition coefficient (Wildman–Crippen LogP) is 1.96. The minimum atomic E-state index is 0.0783. The lowest BCUT2D eigenvalue weighted by atomic mass is 10.1. The van der Waals surface area contributed by atoms with E-state index >= 15 is 0 Å². The van der Waals surface area contributed by atoms with Crippen LogP contribution in [0.5, 0.6) is 5.75 Å². The van der Waals surface area contributed by atoms with Crippen LogP contribution in [0.25, 0.3) is 0 Å². The van der Waals surface area contributed by atoms with Crippen molar-refractivity contribution in [2.75, 3.05) is 27.2 Å². The molecule has 3 nitrogen and oxygen atoms in total. The fraction of sp³-hybridized carbons (Fsp3) is 0.538. The van der Waals surface area contributed by atoms with Crippen LogP contribution in [0.3, 0.4) is 0 Å². The molecule has 0 aliphatic carbocycles. The SMILES string of the molecule is Cc1cc([C@H](C)N)ccc1OCCN(C)C. The number of hydrogen-bond acceptors (Lipinski definition) is 3. The molecule has 1 rings (SSSR count). The molecule has 0 bridgehead atoms. The molecule has 3 heteroatoms. The van der Waals surface area contributed by atoms with Crippen molar-refractivity contribution in [2.24, 2.45) is 5.73 Å². The van der Waals surface area contributed by atoms with E-state index in [1.54, 1.807) is 0 Å². The maximum atomic E-state index is 5.83. The molecule has 90 valence electrons. The Morgan fingerprint density at radius 2 is 2.06 bits per heavy atom. The highest BCUT2D eigenvalue weighted by Gasteiger charge is 2.04. The molecule has 16 heavy (non-hydrogen) atoms. The highest BCUT2D eigenvalue weighted by Crippen LogP contribution is 2.21. The van der Waals surface area contributed by atoms with Gasteiger partial charge in [-0.25, -0.2) is 0 Å². The van der Waals surface area contributed by atoms with Crippen LogP contribution in [-0.2, 0) is 0 Å². The van der Waals surface area contributed by atoms with Gasteiger partial charge in [0.15, 0.2) is 0 Å². The molecule has 1 atom stereocenters. The largest absolute Gasteiger partial charge is 0.492 e. The maximum Gasteiger partial charge on any atom is 0.122 e. The Bertz CT molecular complexity index is 335. The Balaban J connectivity index is 2.61. The van der Waals surface area contributed by atoms with Gasteiger partial charge in [0.1, 0.15) is 12.4 Å². The third-order valence-corrected chi connectivity index (χ3v) is 2.52. The summed E-state index contributed by atoms with van der Waals surface area (Å²) in [5, 5.41) is 0. The van der Waals surface area contributed by atoms with Gasteiger partial charge in [0.2, 0.25) is 0 Å². The normalized spacial score (nSPS) is 12.9. The van der Waals surface area contributed by atoms with Crippen molar-refractivity contribution in [1.29, 1.82) is 0 Å².